The number of aromatic amines is 1. The molecule has 0 saturated heterocycles. The molecule has 0 unspecified atom stereocenters. The molecule has 2 heterocycles. The van der Waals surface area contributed by atoms with E-state index in [4.69, 9.17) is 0 Å². The van der Waals surface area contributed by atoms with Gasteiger partial charge in [-0.3, -0.25) is 4.57 Å². The minimum Gasteiger partial charge on any atom is -0.306 e. The summed E-state index contributed by atoms with van der Waals surface area (Å²) in [7, 11) is 2.07. The van der Waals surface area contributed by atoms with E-state index in [1.807, 2.05) is 28.8 Å². The molecular formula is C26H24F3N3O. The van der Waals surface area contributed by atoms with Crippen LogP contribution in [0.1, 0.15) is 17.5 Å². The molecule has 33 heavy (non-hydrogen) atoms. The quantitative estimate of drug-likeness (QED) is 0.424. The minimum atomic E-state index is -1.45. The molecule has 1 atom stereocenters. The summed E-state index contributed by atoms with van der Waals surface area (Å²) in [5.74, 6) is -3.81. The van der Waals surface area contributed by atoms with Gasteiger partial charge >= 0.3 is 5.69 Å². The summed E-state index contributed by atoms with van der Waals surface area (Å²) in [6.45, 7) is 1.48. The van der Waals surface area contributed by atoms with Crippen molar-refractivity contribution in [3.8, 4) is 11.1 Å². The van der Waals surface area contributed by atoms with E-state index in [9.17, 15) is 18.0 Å². The molecule has 1 N–H and O–H groups in total. The fourth-order valence-electron chi connectivity index (χ4n) is 4.82. The van der Waals surface area contributed by atoms with E-state index in [2.05, 4.69) is 23.0 Å². The van der Waals surface area contributed by atoms with Crippen LogP contribution in [0.2, 0.25) is 0 Å². The van der Waals surface area contributed by atoms with Gasteiger partial charge in [-0.2, -0.15) is 0 Å². The van der Waals surface area contributed by atoms with Gasteiger partial charge in [0.1, 0.15) is 0 Å². The van der Waals surface area contributed by atoms with Crippen LogP contribution in [-0.4, -0.2) is 34.1 Å². The van der Waals surface area contributed by atoms with Gasteiger partial charge in [0.15, 0.2) is 17.5 Å². The highest BCUT2D eigenvalue weighted by Gasteiger charge is 2.25. The Kier molecular flexibility index (Phi) is 5.58. The largest absolute Gasteiger partial charge is 0.326 e. The number of H-pyrrole nitrogens is 1. The van der Waals surface area contributed by atoms with Crippen LogP contribution >= 0.6 is 0 Å². The van der Waals surface area contributed by atoms with E-state index in [1.54, 1.807) is 12.1 Å². The van der Waals surface area contributed by atoms with Gasteiger partial charge in [0.2, 0.25) is 0 Å². The van der Waals surface area contributed by atoms with E-state index >= 15 is 0 Å². The van der Waals surface area contributed by atoms with Crippen molar-refractivity contribution in [1.29, 1.82) is 0 Å². The Balaban J connectivity index is 1.24. The first-order chi connectivity index (χ1) is 15.9. The lowest BCUT2D eigenvalue weighted by Crippen LogP contribution is -2.42. The Morgan fingerprint density at radius 2 is 1.88 bits per heavy atom. The maximum absolute atomic E-state index is 14.2. The molecule has 0 spiro atoms. The smallest absolute Gasteiger partial charge is 0.306 e. The van der Waals surface area contributed by atoms with Crippen molar-refractivity contribution in [2.45, 2.75) is 31.8 Å². The zero-order valence-electron chi connectivity index (χ0n) is 18.2. The minimum absolute atomic E-state index is 0.0528. The molecule has 0 radical (unpaired) electrons. The predicted octanol–water partition coefficient (Wildman–Crippen LogP) is 4.90. The number of halogens is 3. The molecule has 7 heteroatoms. The Morgan fingerprint density at radius 1 is 1.06 bits per heavy atom. The van der Waals surface area contributed by atoms with Gasteiger partial charge in [-0.15, -0.1) is 0 Å². The van der Waals surface area contributed by atoms with Gasteiger partial charge in [0.25, 0.3) is 0 Å². The van der Waals surface area contributed by atoms with Gasteiger partial charge in [-0.05, 0) is 67.7 Å². The molecule has 3 aromatic carbocycles. The lowest BCUT2D eigenvalue weighted by Gasteiger charge is -2.32. The molecule has 1 aliphatic heterocycles. The molecule has 170 valence electrons. The summed E-state index contributed by atoms with van der Waals surface area (Å²) in [4.78, 5) is 17.6. The topological polar surface area (TPSA) is 41.0 Å². The second-order valence-corrected chi connectivity index (χ2v) is 8.72. The first kappa shape index (κ1) is 21.5. The maximum atomic E-state index is 14.2. The SMILES string of the molecule is CN(CCCc1cccc(-c2ccc(F)c(F)c2F)c1)[C@@H]1Cc2cccc3[nH]c(=O)n(c23)C1. The highest BCUT2D eigenvalue weighted by molar-refractivity contribution is 5.79. The monoisotopic (exact) mass is 451 g/mol. The van der Waals surface area contributed by atoms with Gasteiger partial charge < -0.3 is 9.88 Å². The van der Waals surface area contributed by atoms with Crippen molar-refractivity contribution in [3.05, 3.63) is 93.7 Å². The van der Waals surface area contributed by atoms with E-state index < -0.39 is 17.5 Å². The summed E-state index contributed by atoms with van der Waals surface area (Å²) in [5.41, 5.74) is 4.58. The third kappa shape index (κ3) is 3.97. The Labute approximate surface area is 189 Å². The van der Waals surface area contributed by atoms with Crippen LogP contribution < -0.4 is 5.69 Å². The standard InChI is InChI=1S/C26H24F3N3O/c1-31(19-14-18-8-3-9-22-25(18)32(15-19)26(33)30-22)12-4-6-16-5-2-7-17(13-16)20-10-11-21(27)24(29)23(20)28/h2-3,5,7-11,13,19H,4,6,12,14-15H2,1H3,(H,30,33)/t19-/m1/s1. The van der Waals surface area contributed by atoms with Crippen LogP contribution in [0.25, 0.3) is 22.2 Å². The lowest BCUT2D eigenvalue weighted by atomic mass is 9.98. The van der Waals surface area contributed by atoms with E-state index in [0.29, 0.717) is 12.1 Å². The van der Waals surface area contributed by atoms with Gasteiger partial charge in [-0.1, -0.05) is 36.4 Å². The van der Waals surface area contributed by atoms with Crippen molar-refractivity contribution in [2.75, 3.05) is 13.6 Å². The number of para-hydroxylation sites is 1. The maximum Gasteiger partial charge on any atom is 0.326 e. The zero-order valence-corrected chi connectivity index (χ0v) is 18.2. The molecule has 0 aliphatic carbocycles. The van der Waals surface area contributed by atoms with Crippen molar-refractivity contribution in [3.63, 3.8) is 0 Å². The number of rotatable bonds is 6. The Bertz CT molecular complexity index is 1390. The highest BCUT2D eigenvalue weighted by Crippen LogP contribution is 2.27. The number of hydrogen-bond acceptors (Lipinski definition) is 2. The van der Waals surface area contributed by atoms with Crippen molar-refractivity contribution in [1.82, 2.24) is 14.5 Å². The third-order valence-corrected chi connectivity index (χ3v) is 6.60. The van der Waals surface area contributed by atoms with Crippen LogP contribution in [-0.2, 0) is 19.4 Å². The second-order valence-electron chi connectivity index (χ2n) is 8.72. The Hall–Kier alpha value is -3.32. The molecule has 1 aliphatic rings. The lowest BCUT2D eigenvalue weighted by molar-refractivity contribution is 0.211. The van der Waals surface area contributed by atoms with Crippen molar-refractivity contribution < 1.29 is 13.2 Å². The average Bonchev–Trinajstić information content (AvgIpc) is 3.14. The van der Waals surface area contributed by atoms with Gasteiger partial charge in [-0.25, -0.2) is 18.0 Å². The molecule has 0 saturated carbocycles. The number of nitrogens with zero attached hydrogens (tertiary/aromatic N) is 2. The number of aryl methyl sites for hydroxylation is 1. The van der Waals surface area contributed by atoms with E-state index in [0.717, 1.165) is 48.5 Å². The summed E-state index contributed by atoms with van der Waals surface area (Å²) >= 11 is 0. The second kappa shape index (κ2) is 8.56. The molecule has 5 rings (SSSR count). The number of imidazole rings is 1. The fourth-order valence-corrected chi connectivity index (χ4v) is 4.82. The molecule has 0 fully saturated rings. The first-order valence-electron chi connectivity index (χ1n) is 11.1. The summed E-state index contributed by atoms with van der Waals surface area (Å²) < 4.78 is 42.9. The zero-order chi connectivity index (χ0) is 23.1. The molecule has 4 aromatic rings. The van der Waals surface area contributed by atoms with Crippen LogP contribution in [0.3, 0.4) is 0 Å². The number of benzene rings is 3. The summed E-state index contributed by atoms with van der Waals surface area (Å²) in [6, 6.07) is 15.7. The number of aromatic nitrogens is 2. The Morgan fingerprint density at radius 3 is 2.73 bits per heavy atom. The fraction of sp³-hybridized carbons (Fsp3) is 0.269. The molecule has 0 amide bonds. The average molecular weight is 451 g/mol. The van der Waals surface area contributed by atoms with Crippen molar-refractivity contribution in [2.24, 2.45) is 0 Å². The van der Waals surface area contributed by atoms with E-state index in [-0.39, 0.29) is 17.3 Å². The molecule has 4 nitrogen and oxygen atoms in total. The van der Waals surface area contributed by atoms with Crippen molar-refractivity contribution >= 4 is 11.0 Å². The van der Waals surface area contributed by atoms with E-state index in [1.165, 1.54) is 11.6 Å². The van der Waals surface area contributed by atoms with Crippen LogP contribution in [0.5, 0.6) is 0 Å². The van der Waals surface area contributed by atoms with Gasteiger partial charge in [0.05, 0.1) is 11.0 Å². The number of nitrogens with one attached hydrogen (secondary N) is 1. The number of likely N-dealkylation sites (N-methyl/N-ethyl adjacent to an activating group) is 1. The van der Waals surface area contributed by atoms with Crippen LogP contribution in [0.4, 0.5) is 13.2 Å². The van der Waals surface area contributed by atoms with Crippen LogP contribution in [0.15, 0.2) is 59.4 Å². The molecular weight excluding hydrogens is 427 g/mol. The summed E-state index contributed by atoms with van der Waals surface area (Å²) in [6.07, 6.45) is 2.52. The van der Waals surface area contributed by atoms with Gasteiger partial charge in [0, 0.05) is 18.2 Å². The predicted molar refractivity (Wildman–Crippen MR) is 123 cm³/mol. The summed E-state index contributed by atoms with van der Waals surface area (Å²) in [5, 5.41) is 0. The first-order valence-corrected chi connectivity index (χ1v) is 11.1. The normalized spacial score (nSPS) is 15.5. The van der Waals surface area contributed by atoms with Crippen LogP contribution in [0, 0.1) is 17.5 Å². The third-order valence-electron chi connectivity index (χ3n) is 6.60. The number of hydrogen-bond donors (Lipinski definition) is 1. The molecule has 0 bridgehead atoms. The highest BCUT2D eigenvalue weighted by atomic mass is 19.2. The molecule has 1 aromatic heterocycles.